The van der Waals surface area contributed by atoms with E-state index >= 15 is 0 Å². The molecule has 0 spiro atoms. The van der Waals surface area contributed by atoms with E-state index in [-0.39, 0.29) is 6.04 Å². The highest BCUT2D eigenvalue weighted by molar-refractivity contribution is 7.80. The van der Waals surface area contributed by atoms with Gasteiger partial charge in [0.2, 0.25) is 0 Å². The first kappa shape index (κ1) is 17.0. The first-order valence-corrected chi connectivity index (χ1v) is 9.16. The van der Waals surface area contributed by atoms with Gasteiger partial charge < -0.3 is 19.5 Å². The van der Waals surface area contributed by atoms with Gasteiger partial charge in [-0.15, -0.1) is 0 Å². The number of ether oxygens (including phenoxy) is 3. The number of nitrogens with zero attached hydrogens (tertiary/aromatic N) is 1. The number of para-hydroxylation sites is 3. The van der Waals surface area contributed by atoms with E-state index in [0.29, 0.717) is 11.7 Å². The average molecular weight is 370 g/mol. The number of methoxy groups -OCH3 is 1. The molecule has 0 saturated carbocycles. The third-order valence-electron chi connectivity index (χ3n) is 4.89. The van der Waals surface area contributed by atoms with Gasteiger partial charge in [0.1, 0.15) is 5.75 Å². The van der Waals surface area contributed by atoms with Crippen molar-refractivity contribution < 1.29 is 14.2 Å². The summed E-state index contributed by atoms with van der Waals surface area (Å²) in [4.78, 5) is 2.01. The third-order valence-corrected chi connectivity index (χ3v) is 5.19. The summed E-state index contributed by atoms with van der Waals surface area (Å²) in [6.45, 7) is 4.62. The molecule has 2 unspecified atom stereocenters. The molecule has 2 heterocycles. The molecule has 2 atom stereocenters. The molecule has 0 aromatic heterocycles. The van der Waals surface area contributed by atoms with Crippen LogP contribution in [0.3, 0.4) is 0 Å². The molecule has 2 bridgehead atoms. The topological polar surface area (TPSA) is 43.0 Å². The molecule has 2 aromatic carbocycles. The van der Waals surface area contributed by atoms with Crippen molar-refractivity contribution in [2.24, 2.45) is 0 Å². The van der Waals surface area contributed by atoms with Crippen LogP contribution in [0.15, 0.2) is 42.5 Å². The lowest BCUT2D eigenvalue weighted by atomic mass is 9.90. The van der Waals surface area contributed by atoms with E-state index in [1.54, 1.807) is 7.11 Å². The lowest BCUT2D eigenvalue weighted by Crippen LogP contribution is -2.65. The number of nitrogens with one attached hydrogen (secondary N) is 1. The third kappa shape index (κ3) is 2.56. The average Bonchev–Trinajstić information content (AvgIpc) is 2.62. The Morgan fingerprint density at radius 2 is 2.00 bits per heavy atom. The molecule has 136 valence electrons. The molecule has 1 N–H and O–H groups in total. The molecule has 1 saturated heterocycles. The monoisotopic (exact) mass is 370 g/mol. The van der Waals surface area contributed by atoms with E-state index in [4.69, 9.17) is 26.4 Å². The number of hydrogen-bond donors (Lipinski definition) is 1. The van der Waals surface area contributed by atoms with Crippen LogP contribution in [-0.4, -0.2) is 24.6 Å². The van der Waals surface area contributed by atoms with Gasteiger partial charge >= 0.3 is 0 Å². The zero-order valence-electron chi connectivity index (χ0n) is 15.1. The van der Waals surface area contributed by atoms with E-state index in [1.807, 2.05) is 48.2 Å². The Balaban J connectivity index is 1.82. The predicted octanol–water partition coefficient (Wildman–Crippen LogP) is 4.03. The van der Waals surface area contributed by atoms with Gasteiger partial charge in [0.15, 0.2) is 22.3 Å². The summed E-state index contributed by atoms with van der Waals surface area (Å²) in [6.07, 6.45) is 0.758. The van der Waals surface area contributed by atoms with Crippen LogP contribution in [0.25, 0.3) is 0 Å². The number of thiocarbonyl (C=S) groups is 1. The van der Waals surface area contributed by atoms with Gasteiger partial charge in [0.05, 0.1) is 25.4 Å². The van der Waals surface area contributed by atoms with Crippen LogP contribution in [-0.2, 0) is 0 Å². The van der Waals surface area contributed by atoms with Crippen LogP contribution in [0.1, 0.15) is 31.9 Å². The maximum absolute atomic E-state index is 6.50. The van der Waals surface area contributed by atoms with Gasteiger partial charge in [-0.3, -0.25) is 4.90 Å². The summed E-state index contributed by atoms with van der Waals surface area (Å²) in [5.74, 6) is 2.28. The maximum atomic E-state index is 6.50. The van der Waals surface area contributed by atoms with Gasteiger partial charge in [-0.1, -0.05) is 24.3 Å². The Hall–Kier alpha value is -2.47. The molecular formula is C20H22N2O3S. The van der Waals surface area contributed by atoms with Crippen molar-refractivity contribution in [2.45, 2.75) is 32.0 Å². The van der Waals surface area contributed by atoms with Gasteiger partial charge in [-0.25, -0.2) is 0 Å². The van der Waals surface area contributed by atoms with Crippen LogP contribution >= 0.6 is 12.2 Å². The molecular weight excluding hydrogens is 348 g/mol. The van der Waals surface area contributed by atoms with Crippen molar-refractivity contribution in [1.29, 1.82) is 0 Å². The standard InChI is InChI=1S/C20H22N2O3S/c1-4-24-16-10-6-5-9-15(16)22-19(26)21-14-12-20(22,2)25-18-13(14)8-7-11-17(18)23-3/h5-11,14H,4,12H2,1-3H3,(H,21,26). The molecule has 2 aliphatic heterocycles. The van der Waals surface area contributed by atoms with Crippen LogP contribution < -0.4 is 24.4 Å². The summed E-state index contributed by atoms with van der Waals surface area (Å²) < 4.78 is 17.9. The normalized spacial score (nSPS) is 23.6. The summed E-state index contributed by atoms with van der Waals surface area (Å²) in [5, 5.41) is 4.09. The smallest absolute Gasteiger partial charge is 0.188 e. The van der Waals surface area contributed by atoms with E-state index in [0.717, 1.165) is 34.9 Å². The van der Waals surface area contributed by atoms with E-state index < -0.39 is 5.72 Å². The summed E-state index contributed by atoms with van der Waals surface area (Å²) >= 11 is 5.72. The minimum absolute atomic E-state index is 0.0851. The lowest BCUT2D eigenvalue weighted by Gasteiger charge is -2.52. The summed E-state index contributed by atoms with van der Waals surface area (Å²) in [6, 6.07) is 13.9. The minimum Gasteiger partial charge on any atom is -0.493 e. The molecule has 26 heavy (non-hydrogen) atoms. The Morgan fingerprint density at radius 3 is 2.77 bits per heavy atom. The first-order chi connectivity index (χ1) is 12.6. The largest absolute Gasteiger partial charge is 0.493 e. The van der Waals surface area contributed by atoms with Gasteiger partial charge in [0, 0.05) is 12.0 Å². The highest BCUT2D eigenvalue weighted by atomic mass is 32.1. The lowest BCUT2D eigenvalue weighted by molar-refractivity contribution is 0.0460. The zero-order valence-corrected chi connectivity index (χ0v) is 15.9. The van der Waals surface area contributed by atoms with Crippen LogP contribution in [0, 0.1) is 0 Å². The van der Waals surface area contributed by atoms with E-state index in [9.17, 15) is 0 Å². The Labute approximate surface area is 158 Å². The molecule has 0 aliphatic carbocycles. The second kappa shape index (κ2) is 6.36. The SMILES string of the molecule is CCOc1ccccc1N1C(=S)NC2CC1(C)Oc1c(OC)cccc12. The molecule has 2 aromatic rings. The van der Waals surface area contributed by atoms with E-state index in [1.165, 1.54) is 0 Å². The summed E-state index contributed by atoms with van der Waals surface area (Å²) in [5.41, 5.74) is 1.33. The fourth-order valence-electron chi connectivity index (χ4n) is 3.81. The van der Waals surface area contributed by atoms with Gasteiger partial charge in [-0.05, 0) is 44.3 Å². The van der Waals surface area contributed by atoms with E-state index in [2.05, 4.69) is 18.3 Å². The Kier molecular flexibility index (Phi) is 4.15. The van der Waals surface area contributed by atoms with Crippen LogP contribution in [0.5, 0.6) is 17.2 Å². The van der Waals surface area contributed by atoms with Crippen molar-refractivity contribution in [1.82, 2.24) is 5.32 Å². The second-order valence-electron chi connectivity index (χ2n) is 6.60. The summed E-state index contributed by atoms with van der Waals surface area (Å²) in [7, 11) is 1.66. The highest BCUT2D eigenvalue weighted by Gasteiger charge is 2.49. The van der Waals surface area contributed by atoms with Gasteiger partial charge in [-0.2, -0.15) is 0 Å². The van der Waals surface area contributed by atoms with Crippen molar-refractivity contribution in [3.8, 4) is 17.2 Å². The Morgan fingerprint density at radius 1 is 1.23 bits per heavy atom. The molecule has 5 nitrogen and oxygen atoms in total. The molecule has 2 aliphatic rings. The minimum atomic E-state index is -0.637. The first-order valence-electron chi connectivity index (χ1n) is 8.76. The number of benzene rings is 2. The molecule has 0 amide bonds. The fraction of sp³-hybridized carbons (Fsp3) is 0.350. The quantitative estimate of drug-likeness (QED) is 0.820. The number of hydrogen-bond acceptors (Lipinski definition) is 4. The molecule has 1 fully saturated rings. The van der Waals surface area contributed by atoms with Crippen molar-refractivity contribution in [3.63, 3.8) is 0 Å². The molecule has 4 rings (SSSR count). The highest BCUT2D eigenvalue weighted by Crippen LogP contribution is 2.50. The zero-order chi connectivity index (χ0) is 18.3. The fourth-order valence-corrected chi connectivity index (χ4v) is 4.24. The van der Waals surface area contributed by atoms with Crippen molar-refractivity contribution in [2.75, 3.05) is 18.6 Å². The number of rotatable bonds is 4. The Bertz CT molecular complexity index is 857. The second-order valence-corrected chi connectivity index (χ2v) is 6.98. The number of anilines is 1. The maximum Gasteiger partial charge on any atom is 0.188 e. The van der Waals surface area contributed by atoms with Crippen molar-refractivity contribution in [3.05, 3.63) is 48.0 Å². The molecule has 6 heteroatoms. The van der Waals surface area contributed by atoms with Crippen molar-refractivity contribution >= 4 is 23.0 Å². The predicted molar refractivity (Wildman–Crippen MR) is 105 cm³/mol. The van der Waals surface area contributed by atoms with Crippen LogP contribution in [0.2, 0.25) is 0 Å². The molecule has 0 radical (unpaired) electrons. The number of fused-ring (bicyclic) bond motifs is 4. The van der Waals surface area contributed by atoms with Gasteiger partial charge in [0.25, 0.3) is 0 Å². The van der Waals surface area contributed by atoms with Crippen LogP contribution in [0.4, 0.5) is 5.69 Å².